The van der Waals surface area contributed by atoms with Crippen molar-refractivity contribution < 1.29 is 14.6 Å². The molecule has 0 saturated carbocycles. The van der Waals surface area contributed by atoms with Gasteiger partial charge in [-0.1, -0.05) is 18.2 Å². The number of methoxy groups -OCH3 is 1. The molecule has 5 nitrogen and oxygen atoms in total. The van der Waals surface area contributed by atoms with E-state index < -0.39 is 6.10 Å². The molecule has 2 rings (SSSR count). The number of ether oxygens (including phenoxy) is 1. The van der Waals surface area contributed by atoms with E-state index in [-0.39, 0.29) is 5.91 Å². The molecule has 1 amide bonds. The number of para-hydroxylation sites is 1. The molecule has 0 bridgehead atoms. The Kier molecular flexibility index (Phi) is 6.02. The fraction of sp³-hybridized carbons (Fsp3) is 0.562. The maximum atomic E-state index is 12.0. The van der Waals surface area contributed by atoms with E-state index >= 15 is 0 Å². The largest absolute Gasteiger partial charge is 0.388 e. The van der Waals surface area contributed by atoms with Gasteiger partial charge in [-0.05, 0) is 25.3 Å². The molecule has 0 aromatic heterocycles. The fourth-order valence-corrected chi connectivity index (χ4v) is 2.65. The molecule has 1 heterocycles. The zero-order valence-electron chi connectivity index (χ0n) is 12.5. The van der Waals surface area contributed by atoms with E-state index in [1.54, 1.807) is 7.11 Å². The van der Waals surface area contributed by atoms with Crippen LogP contribution in [0.3, 0.4) is 0 Å². The first-order valence-corrected chi connectivity index (χ1v) is 7.50. The highest BCUT2D eigenvalue weighted by Gasteiger charge is 2.22. The number of fused-ring (bicyclic) bond motifs is 1. The van der Waals surface area contributed by atoms with E-state index in [2.05, 4.69) is 10.2 Å². The van der Waals surface area contributed by atoms with Crippen LogP contribution in [0.4, 0.5) is 5.69 Å². The molecule has 0 fully saturated rings. The van der Waals surface area contributed by atoms with Crippen LogP contribution in [0, 0.1) is 0 Å². The first-order chi connectivity index (χ1) is 10.2. The summed E-state index contributed by atoms with van der Waals surface area (Å²) in [4.78, 5) is 14.1. The zero-order valence-corrected chi connectivity index (χ0v) is 12.5. The van der Waals surface area contributed by atoms with E-state index in [0.29, 0.717) is 19.7 Å². The lowest BCUT2D eigenvalue weighted by molar-refractivity contribution is -0.119. The highest BCUT2D eigenvalue weighted by atomic mass is 16.5. The van der Waals surface area contributed by atoms with Crippen molar-refractivity contribution in [2.75, 3.05) is 38.3 Å². The Hall–Kier alpha value is -1.59. The van der Waals surface area contributed by atoms with E-state index in [0.717, 1.165) is 37.1 Å². The van der Waals surface area contributed by atoms with Gasteiger partial charge in [-0.15, -0.1) is 0 Å². The number of aliphatic hydroxyl groups is 1. The Balaban J connectivity index is 1.96. The summed E-state index contributed by atoms with van der Waals surface area (Å²) in [7, 11) is 1.65. The van der Waals surface area contributed by atoms with Crippen LogP contribution in [0.5, 0.6) is 0 Å². The summed E-state index contributed by atoms with van der Waals surface area (Å²) >= 11 is 0. The predicted octanol–water partition coefficient (Wildman–Crippen LogP) is 1.47. The summed E-state index contributed by atoms with van der Waals surface area (Å²) in [5.74, 6) is 0.0114. The summed E-state index contributed by atoms with van der Waals surface area (Å²) in [6.07, 6.45) is 2.00. The molecule has 0 spiro atoms. The predicted molar refractivity (Wildman–Crippen MR) is 82.4 cm³/mol. The topological polar surface area (TPSA) is 61.8 Å². The van der Waals surface area contributed by atoms with Crippen molar-refractivity contribution in [2.45, 2.75) is 25.4 Å². The average Bonchev–Trinajstić information content (AvgIpc) is 2.64. The number of hydrogen-bond acceptors (Lipinski definition) is 4. The van der Waals surface area contributed by atoms with Gasteiger partial charge in [-0.2, -0.15) is 0 Å². The minimum absolute atomic E-state index is 0.0114. The normalized spacial score (nSPS) is 18.0. The fourth-order valence-electron chi connectivity index (χ4n) is 2.65. The van der Waals surface area contributed by atoms with Gasteiger partial charge < -0.3 is 20.1 Å². The van der Waals surface area contributed by atoms with Crippen LogP contribution in [0.2, 0.25) is 0 Å². The van der Waals surface area contributed by atoms with Crippen molar-refractivity contribution in [1.82, 2.24) is 5.32 Å². The lowest BCUT2D eigenvalue weighted by atomic mass is 10.0. The van der Waals surface area contributed by atoms with Crippen LogP contribution in [0.15, 0.2) is 24.3 Å². The van der Waals surface area contributed by atoms with Gasteiger partial charge in [0.1, 0.15) is 0 Å². The standard InChI is InChI=1S/C16H24N2O3/c1-21-11-5-9-17-16(20)12-18-10-4-8-15(19)13-6-2-3-7-14(13)18/h2-3,6-7,15,19H,4-5,8-12H2,1H3,(H,17,20). The number of rotatable bonds is 6. The van der Waals surface area contributed by atoms with Gasteiger partial charge in [0, 0.05) is 38.1 Å². The lowest BCUT2D eigenvalue weighted by Crippen LogP contribution is -2.38. The molecular formula is C16H24N2O3. The number of hydrogen-bond donors (Lipinski definition) is 2. The molecular weight excluding hydrogens is 268 g/mol. The lowest BCUT2D eigenvalue weighted by Gasteiger charge is -2.24. The Morgan fingerprint density at radius 3 is 3.10 bits per heavy atom. The number of nitrogens with zero attached hydrogens (tertiary/aromatic N) is 1. The van der Waals surface area contributed by atoms with E-state index in [4.69, 9.17) is 4.74 Å². The van der Waals surface area contributed by atoms with Crippen molar-refractivity contribution in [3.05, 3.63) is 29.8 Å². The van der Waals surface area contributed by atoms with Crippen LogP contribution in [0.25, 0.3) is 0 Å². The Morgan fingerprint density at radius 1 is 1.48 bits per heavy atom. The number of anilines is 1. The third-order valence-corrected chi connectivity index (χ3v) is 3.72. The van der Waals surface area contributed by atoms with Crippen LogP contribution in [0.1, 0.15) is 30.9 Å². The van der Waals surface area contributed by atoms with Gasteiger partial charge in [-0.3, -0.25) is 4.79 Å². The Morgan fingerprint density at radius 2 is 2.29 bits per heavy atom. The van der Waals surface area contributed by atoms with Crippen molar-refractivity contribution in [3.63, 3.8) is 0 Å². The molecule has 1 aromatic carbocycles. The van der Waals surface area contributed by atoms with Gasteiger partial charge in [0.05, 0.1) is 12.6 Å². The number of carbonyl (C=O) groups is 1. The second-order valence-corrected chi connectivity index (χ2v) is 5.33. The molecule has 21 heavy (non-hydrogen) atoms. The molecule has 2 N–H and O–H groups in total. The summed E-state index contributed by atoms with van der Waals surface area (Å²) in [6.45, 7) is 2.40. The minimum Gasteiger partial charge on any atom is -0.388 e. The number of aliphatic hydroxyl groups excluding tert-OH is 1. The van der Waals surface area contributed by atoms with E-state index in [1.807, 2.05) is 24.3 Å². The molecule has 1 atom stereocenters. The summed E-state index contributed by atoms with van der Waals surface area (Å²) < 4.78 is 4.96. The quantitative estimate of drug-likeness (QED) is 0.780. The maximum absolute atomic E-state index is 12.0. The summed E-state index contributed by atoms with van der Waals surface area (Å²) in [6, 6.07) is 7.79. The Bertz CT molecular complexity index is 465. The number of carbonyl (C=O) groups excluding carboxylic acids is 1. The van der Waals surface area contributed by atoms with E-state index in [1.165, 1.54) is 0 Å². The molecule has 5 heteroatoms. The first-order valence-electron chi connectivity index (χ1n) is 7.50. The average molecular weight is 292 g/mol. The SMILES string of the molecule is COCCCNC(=O)CN1CCCC(O)c2ccccc21. The van der Waals surface area contributed by atoms with Crippen LogP contribution in [-0.2, 0) is 9.53 Å². The monoisotopic (exact) mass is 292 g/mol. The second kappa shape index (κ2) is 8.00. The molecule has 0 radical (unpaired) electrons. The van der Waals surface area contributed by atoms with Crippen LogP contribution >= 0.6 is 0 Å². The molecule has 1 unspecified atom stereocenters. The molecule has 1 aliphatic heterocycles. The van der Waals surface area contributed by atoms with Crippen molar-refractivity contribution >= 4 is 11.6 Å². The first kappa shape index (κ1) is 15.8. The summed E-state index contributed by atoms with van der Waals surface area (Å²) in [5.41, 5.74) is 1.89. The van der Waals surface area contributed by atoms with E-state index in [9.17, 15) is 9.90 Å². The number of nitrogens with one attached hydrogen (secondary N) is 1. The van der Waals surface area contributed by atoms with Crippen molar-refractivity contribution in [3.8, 4) is 0 Å². The minimum atomic E-state index is -0.434. The zero-order chi connectivity index (χ0) is 15.1. The van der Waals surface area contributed by atoms with Gasteiger partial charge in [0.15, 0.2) is 0 Å². The maximum Gasteiger partial charge on any atom is 0.239 e. The van der Waals surface area contributed by atoms with Crippen LogP contribution < -0.4 is 10.2 Å². The molecule has 0 aliphatic carbocycles. The van der Waals surface area contributed by atoms with Gasteiger partial charge >= 0.3 is 0 Å². The van der Waals surface area contributed by atoms with Crippen LogP contribution in [-0.4, -0.2) is 44.4 Å². The highest BCUT2D eigenvalue weighted by Crippen LogP contribution is 2.32. The highest BCUT2D eigenvalue weighted by molar-refractivity contribution is 5.81. The van der Waals surface area contributed by atoms with Gasteiger partial charge in [0.25, 0.3) is 0 Å². The number of amides is 1. The van der Waals surface area contributed by atoms with Gasteiger partial charge in [-0.25, -0.2) is 0 Å². The smallest absolute Gasteiger partial charge is 0.239 e. The molecule has 1 aromatic rings. The van der Waals surface area contributed by atoms with Crippen molar-refractivity contribution in [1.29, 1.82) is 0 Å². The summed E-state index contributed by atoms with van der Waals surface area (Å²) in [5, 5.41) is 13.1. The van der Waals surface area contributed by atoms with Gasteiger partial charge in [0.2, 0.25) is 5.91 Å². The third-order valence-electron chi connectivity index (χ3n) is 3.72. The molecule has 1 aliphatic rings. The second-order valence-electron chi connectivity index (χ2n) is 5.33. The number of benzene rings is 1. The molecule has 116 valence electrons. The molecule has 0 saturated heterocycles. The Labute approximate surface area is 125 Å². The third kappa shape index (κ3) is 4.44. The van der Waals surface area contributed by atoms with Crippen molar-refractivity contribution in [2.24, 2.45) is 0 Å².